The molecule has 0 aliphatic carbocycles. The van der Waals surface area contributed by atoms with Gasteiger partial charge < -0.3 is 9.47 Å². The van der Waals surface area contributed by atoms with E-state index in [0.717, 1.165) is 49.6 Å². The molecule has 142 valence electrons. The molecule has 2 aromatic carbocycles. The van der Waals surface area contributed by atoms with Crippen molar-refractivity contribution in [1.29, 1.82) is 0 Å². The van der Waals surface area contributed by atoms with Crippen molar-refractivity contribution >= 4 is 22.9 Å². The van der Waals surface area contributed by atoms with Crippen molar-refractivity contribution < 1.29 is 19.1 Å². The molecule has 1 aliphatic heterocycles. The number of rotatable bonds is 9. The molecular weight excluding hydrogens is 362 g/mol. The lowest BCUT2D eigenvalue weighted by Gasteiger charge is -2.10. The van der Waals surface area contributed by atoms with E-state index < -0.39 is 0 Å². The lowest BCUT2D eigenvalue weighted by Crippen LogP contribution is -2.24. The third kappa shape index (κ3) is 5.50. The van der Waals surface area contributed by atoms with Gasteiger partial charge in [-0.1, -0.05) is 48.9 Å². The van der Waals surface area contributed by atoms with E-state index in [0.29, 0.717) is 11.5 Å². The molecule has 0 saturated carbocycles. The summed E-state index contributed by atoms with van der Waals surface area (Å²) in [6.07, 6.45) is 4.79. The van der Waals surface area contributed by atoms with E-state index in [-0.39, 0.29) is 16.4 Å². The number of hydrogen-bond donors (Lipinski definition) is 1. The standard InChI is InChI=1S/C21H23NO4S/c1-25-17-8-5-6-9-18(17)26-16-13-11-15(12-14-16)7-3-2-4-10-19-20(23)22-21(24)27-19/h5-6,8-9,11-14,19H,2-4,7,10H2,1H3,(H,22,23,24). The molecule has 0 aromatic heterocycles. The molecule has 2 amide bonds. The van der Waals surface area contributed by atoms with Crippen molar-refractivity contribution in [3.8, 4) is 17.2 Å². The van der Waals surface area contributed by atoms with Crippen LogP contribution in [0, 0.1) is 0 Å². The van der Waals surface area contributed by atoms with Gasteiger partial charge in [-0.3, -0.25) is 14.9 Å². The molecule has 0 radical (unpaired) electrons. The van der Waals surface area contributed by atoms with Gasteiger partial charge in [0, 0.05) is 0 Å². The van der Waals surface area contributed by atoms with Crippen LogP contribution in [0.15, 0.2) is 48.5 Å². The number of methoxy groups -OCH3 is 1. The number of benzene rings is 2. The summed E-state index contributed by atoms with van der Waals surface area (Å²) in [5, 5.41) is 1.90. The second kappa shape index (κ2) is 9.46. The van der Waals surface area contributed by atoms with Gasteiger partial charge in [-0.25, -0.2) is 0 Å². The molecule has 6 heteroatoms. The van der Waals surface area contributed by atoms with Gasteiger partial charge in [0.25, 0.3) is 5.24 Å². The largest absolute Gasteiger partial charge is 0.493 e. The SMILES string of the molecule is COc1ccccc1Oc1ccc(CCCCCC2SC(=O)NC2=O)cc1. The summed E-state index contributed by atoms with van der Waals surface area (Å²) in [4.78, 5) is 22.6. The second-order valence-electron chi connectivity index (χ2n) is 6.38. The fraction of sp³-hybridized carbons (Fsp3) is 0.333. The molecule has 1 atom stereocenters. The summed E-state index contributed by atoms with van der Waals surface area (Å²) < 4.78 is 11.2. The molecule has 1 aliphatic rings. The Kier molecular flexibility index (Phi) is 6.76. The van der Waals surface area contributed by atoms with Gasteiger partial charge in [0.05, 0.1) is 12.4 Å². The molecular formula is C21H23NO4S. The molecule has 1 fully saturated rings. The van der Waals surface area contributed by atoms with Crippen LogP contribution in [0.2, 0.25) is 0 Å². The highest BCUT2D eigenvalue weighted by atomic mass is 32.2. The minimum absolute atomic E-state index is 0.143. The average Bonchev–Trinajstić information content (AvgIpc) is 3.00. The van der Waals surface area contributed by atoms with Gasteiger partial charge in [-0.05, 0) is 49.1 Å². The van der Waals surface area contributed by atoms with Crippen LogP contribution in [-0.4, -0.2) is 23.5 Å². The molecule has 1 N–H and O–H groups in total. The molecule has 5 nitrogen and oxygen atoms in total. The number of carbonyl (C=O) groups excluding carboxylic acids is 2. The van der Waals surface area contributed by atoms with Crippen LogP contribution in [-0.2, 0) is 11.2 Å². The summed E-state index contributed by atoms with van der Waals surface area (Å²) in [6.45, 7) is 0. The van der Waals surface area contributed by atoms with Crippen molar-refractivity contribution in [3.05, 3.63) is 54.1 Å². The number of imide groups is 1. The second-order valence-corrected chi connectivity index (χ2v) is 7.55. The normalized spacial score (nSPS) is 16.3. The topological polar surface area (TPSA) is 64.6 Å². The number of unbranched alkanes of at least 4 members (excludes halogenated alkanes) is 2. The highest BCUT2D eigenvalue weighted by Gasteiger charge is 2.30. The molecule has 27 heavy (non-hydrogen) atoms. The average molecular weight is 385 g/mol. The Morgan fingerprint density at radius 3 is 2.37 bits per heavy atom. The third-order valence-corrected chi connectivity index (χ3v) is 5.47. The first-order chi connectivity index (χ1) is 13.2. The highest BCUT2D eigenvalue weighted by molar-refractivity contribution is 8.15. The minimum Gasteiger partial charge on any atom is -0.493 e. The predicted molar refractivity (Wildman–Crippen MR) is 107 cm³/mol. The summed E-state index contributed by atoms with van der Waals surface area (Å²) in [6, 6.07) is 15.6. The van der Waals surface area contributed by atoms with Gasteiger partial charge in [-0.2, -0.15) is 0 Å². The number of aryl methyl sites for hydroxylation is 1. The summed E-state index contributed by atoms with van der Waals surface area (Å²) in [7, 11) is 1.63. The number of para-hydroxylation sites is 2. The quantitative estimate of drug-likeness (QED) is 0.619. The fourth-order valence-corrected chi connectivity index (χ4v) is 3.84. The first kappa shape index (κ1) is 19.3. The van der Waals surface area contributed by atoms with Crippen LogP contribution in [0.1, 0.15) is 31.2 Å². The molecule has 0 bridgehead atoms. The molecule has 0 spiro atoms. The Hall–Kier alpha value is -2.47. The fourth-order valence-electron chi connectivity index (χ4n) is 2.97. The maximum absolute atomic E-state index is 11.5. The predicted octanol–water partition coefficient (Wildman–Crippen LogP) is 4.94. The van der Waals surface area contributed by atoms with Crippen molar-refractivity contribution in [1.82, 2.24) is 5.32 Å². The first-order valence-corrected chi connectivity index (χ1v) is 9.95. The number of nitrogens with one attached hydrogen (secondary N) is 1. The Balaban J connectivity index is 1.40. The maximum atomic E-state index is 11.5. The number of hydrogen-bond acceptors (Lipinski definition) is 5. The maximum Gasteiger partial charge on any atom is 0.286 e. The van der Waals surface area contributed by atoms with Crippen LogP contribution >= 0.6 is 11.8 Å². The van der Waals surface area contributed by atoms with Crippen molar-refractivity contribution in [2.45, 2.75) is 37.4 Å². The number of ether oxygens (including phenoxy) is 2. The molecule has 1 saturated heterocycles. The van der Waals surface area contributed by atoms with Crippen LogP contribution < -0.4 is 14.8 Å². The van der Waals surface area contributed by atoms with Gasteiger partial charge in [0.15, 0.2) is 11.5 Å². The van der Waals surface area contributed by atoms with Crippen molar-refractivity contribution in [2.24, 2.45) is 0 Å². The minimum atomic E-state index is -0.222. The van der Waals surface area contributed by atoms with E-state index >= 15 is 0 Å². The van der Waals surface area contributed by atoms with E-state index in [1.165, 1.54) is 5.56 Å². The lowest BCUT2D eigenvalue weighted by molar-refractivity contribution is -0.119. The highest BCUT2D eigenvalue weighted by Crippen LogP contribution is 2.31. The molecule has 3 rings (SSSR count). The monoisotopic (exact) mass is 385 g/mol. The van der Waals surface area contributed by atoms with Gasteiger partial charge in [0.1, 0.15) is 5.75 Å². The Morgan fingerprint density at radius 2 is 1.70 bits per heavy atom. The van der Waals surface area contributed by atoms with E-state index in [9.17, 15) is 9.59 Å². The zero-order valence-corrected chi connectivity index (χ0v) is 16.1. The zero-order valence-electron chi connectivity index (χ0n) is 15.3. The van der Waals surface area contributed by atoms with Crippen LogP contribution in [0.5, 0.6) is 17.2 Å². The van der Waals surface area contributed by atoms with Gasteiger partial charge in [-0.15, -0.1) is 0 Å². The van der Waals surface area contributed by atoms with Gasteiger partial charge in [0.2, 0.25) is 5.91 Å². The molecule has 2 aromatic rings. The summed E-state index contributed by atoms with van der Waals surface area (Å²) in [5.41, 5.74) is 1.26. The molecule has 1 unspecified atom stereocenters. The van der Waals surface area contributed by atoms with Crippen LogP contribution in [0.25, 0.3) is 0 Å². The van der Waals surface area contributed by atoms with E-state index in [1.807, 2.05) is 36.4 Å². The Bertz CT molecular complexity index is 791. The van der Waals surface area contributed by atoms with E-state index in [2.05, 4.69) is 17.4 Å². The van der Waals surface area contributed by atoms with Crippen LogP contribution in [0.4, 0.5) is 4.79 Å². The van der Waals surface area contributed by atoms with E-state index in [4.69, 9.17) is 9.47 Å². The Labute approximate surface area is 163 Å². The smallest absolute Gasteiger partial charge is 0.286 e. The van der Waals surface area contributed by atoms with Crippen LogP contribution in [0.3, 0.4) is 0 Å². The van der Waals surface area contributed by atoms with E-state index in [1.54, 1.807) is 7.11 Å². The zero-order chi connectivity index (χ0) is 19.1. The first-order valence-electron chi connectivity index (χ1n) is 9.07. The van der Waals surface area contributed by atoms with Gasteiger partial charge >= 0.3 is 0 Å². The molecule has 1 heterocycles. The summed E-state index contributed by atoms with van der Waals surface area (Å²) in [5.74, 6) is 2.03. The lowest BCUT2D eigenvalue weighted by atomic mass is 10.1. The number of carbonyl (C=O) groups is 2. The Morgan fingerprint density at radius 1 is 0.963 bits per heavy atom. The number of amides is 2. The third-order valence-electron chi connectivity index (χ3n) is 4.42. The van der Waals surface area contributed by atoms with Crippen molar-refractivity contribution in [2.75, 3.05) is 7.11 Å². The van der Waals surface area contributed by atoms with Crippen molar-refractivity contribution in [3.63, 3.8) is 0 Å². The number of thioether (sulfide) groups is 1. The summed E-state index contributed by atoms with van der Waals surface area (Å²) >= 11 is 1.11.